The molecule has 2 aromatic rings. The maximum atomic E-state index is 12.3. The molecule has 0 aromatic heterocycles. The van der Waals surface area contributed by atoms with Crippen LogP contribution < -0.4 is 20.1 Å². The number of benzene rings is 2. The zero-order valence-electron chi connectivity index (χ0n) is 15.9. The first-order chi connectivity index (χ1) is 13.5. The van der Waals surface area contributed by atoms with Crippen molar-refractivity contribution in [3.63, 3.8) is 0 Å². The Hall–Kier alpha value is -3.55. The first-order valence-electron chi connectivity index (χ1n) is 8.47. The Morgan fingerprint density at radius 3 is 2.18 bits per heavy atom. The van der Waals surface area contributed by atoms with Gasteiger partial charge in [0, 0.05) is 24.6 Å². The van der Waals surface area contributed by atoms with Gasteiger partial charge in [-0.15, -0.1) is 0 Å². The summed E-state index contributed by atoms with van der Waals surface area (Å²) in [6.45, 7) is 0.116. The molecule has 2 aromatic carbocycles. The number of amides is 2. The maximum absolute atomic E-state index is 12.3. The summed E-state index contributed by atoms with van der Waals surface area (Å²) in [5.74, 6) is -0.278. The molecule has 8 heteroatoms. The van der Waals surface area contributed by atoms with Crippen LogP contribution in [-0.2, 0) is 9.53 Å². The third kappa shape index (κ3) is 5.47. The number of nitrogens with one attached hydrogen (secondary N) is 2. The third-order valence-corrected chi connectivity index (χ3v) is 3.86. The summed E-state index contributed by atoms with van der Waals surface area (Å²) in [4.78, 5) is 36.2. The van der Waals surface area contributed by atoms with Crippen molar-refractivity contribution >= 4 is 23.5 Å². The van der Waals surface area contributed by atoms with Gasteiger partial charge in [0.25, 0.3) is 5.91 Å². The van der Waals surface area contributed by atoms with Crippen LogP contribution in [0.3, 0.4) is 0 Å². The van der Waals surface area contributed by atoms with Gasteiger partial charge < -0.3 is 24.8 Å². The van der Waals surface area contributed by atoms with Gasteiger partial charge in [0.1, 0.15) is 11.5 Å². The van der Waals surface area contributed by atoms with Crippen molar-refractivity contribution in [2.24, 2.45) is 0 Å². The lowest BCUT2D eigenvalue weighted by atomic mass is 10.1. The minimum atomic E-state index is -0.545. The first-order valence-corrected chi connectivity index (χ1v) is 8.47. The largest absolute Gasteiger partial charge is 0.497 e. The Kier molecular flexibility index (Phi) is 7.38. The number of ether oxygens (including phenoxy) is 3. The molecule has 0 heterocycles. The summed E-state index contributed by atoms with van der Waals surface area (Å²) in [6.07, 6.45) is 0.0301. The van der Waals surface area contributed by atoms with Gasteiger partial charge in [-0.25, -0.2) is 4.79 Å². The molecular formula is C20H22N2O6. The predicted octanol–water partition coefficient (Wildman–Crippen LogP) is 2.25. The van der Waals surface area contributed by atoms with E-state index >= 15 is 0 Å². The van der Waals surface area contributed by atoms with E-state index in [-0.39, 0.29) is 30.3 Å². The maximum Gasteiger partial charge on any atom is 0.339 e. The zero-order valence-corrected chi connectivity index (χ0v) is 15.9. The summed E-state index contributed by atoms with van der Waals surface area (Å²) in [5, 5.41) is 5.31. The van der Waals surface area contributed by atoms with Crippen LogP contribution in [0.2, 0.25) is 0 Å². The van der Waals surface area contributed by atoms with Crippen LogP contribution >= 0.6 is 0 Å². The van der Waals surface area contributed by atoms with Crippen molar-refractivity contribution in [2.75, 3.05) is 33.2 Å². The van der Waals surface area contributed by atoms with E-state index in [1.165, 1.54) is 21.3 Å². The standard InChI is InChI=1S/C20H22N2O6/c1-26-14-10-13(11-15(12-14)27-2)19(24)21-9-8-18(23)22-17-7-5-4-6-16(17)20(25)28-3/h4-7,10-12H,8-9H2,1-3H3,(H,21,24)(H,22,23). The highest BCUT2D eigenvalue weighted by atomic mass is 16.5. The van der Waals surface area contributed by atoms with Crippen molar-refractivity contribution in [3.8, 4) is 11.5 Å². The lowest BCUT2D eigenvalue weighted by Crippen LogP contribution is -2.28. The van der Waals surface area contributed by atoms with Gasteiger partial charge in [-0.1, -0.05) is 12.1 Å². The quantitative estimate of drug-likeness (QED) is 0.675. The van der Waals surface area contributed by atoms with Crippen molar-refractivity contribution in [1.82, 2.24) is 5.32 Å². The number of esters is 1. The van der Waals surface area contributed by atoms with Gasteiger partial charge in [-0.05, 0) is 24.3 Å². The van der Waals surface area contributed by atoms with Crippen molar-refractivity contribution in [2.45, 2.75) is 6.42 Å². The molecule has 28 heavy (non-hydrogen) atoms. The van der Waals surface area contributed by atoms with Crippen LogP contribution in [-0.4, -0.2) is 45.7 Å². The van der Waals surface area contributed by atoms with Gasteiger partial charge in [-0.3, -0.25) is 9.59 Å². The van der Waals surface area contributed by atoms with Crippen LogP contribution in [0, 0.1) is 0 Å². The van der Waals surface area contributed by atoms with E-state index in [4.69, 9.17) is 14.2 Å². The van der Waals surface area contributed by atoms with E-state index in [9.17, 15) is 14.4 Å². The first kappa shape index (κ1) is 20.8. The SMILES string of the molecule is COC(=O)c1ccccc1NC(=O)CCNC(=O)c1cc(OC)cc(OC)c1. The number of para-hydroxylation sites is 1. The molecule has 0 aliphatic heterocycles. The molecule has 2 rings (SSSR count). The fourth-order valence-electron chi connectivity index (χ4n) is 2.42. The van der Waals surface area contributed by atoms with Gasteiger partial charge in [0.15, 0.2) is 0 Å². The molecule has 0 aliphatic carbocycles. The topological polar surface area (TPSA) is 103 Å². The summed E-state index contributed by atoms with van der Waals surface area (Å²) in [6, 6.07) is 11.3. The molecule has 0 atom stereocenters. The molecule has 0 saturated heterocycles. The number of carbonyl (C=O) groups is 3. The number of methoxy groups -OCH3 is 3. The second-order valence-corrected chi connectivity index (χ2v) is 5.69. The molecule has 0 unspecified atom stereocenters. The van der Waals surface area contributed by atoms with E-state index < -0.39 is 5.97 Å². The van der Waals surface area contributed by atoms with Crippen LogP contribution in [0.1, 0.15) is 27.1 Å². The minimum Gasteiger partial charge on any atom is -0.497 e. The number of rotatable bonds is 8. The summed E-state index contributed by atoms with van der Waals surface area (Å²) in [5.41, 5.74) is 0.960. The number of hydrogen-bond acceptors (Lipinski definition) is 6. The van der Waals surface area contributed by atoms with E-state index in [1.807, 2.05) is 0 Å². The number of carbonyl (C=O) groups excluding carboxylic acids is 3. The van der Waals surface area contributed by atoms with Crippen molar-refractivity contribution in [1.29, 1.82) is 0 Å². The molecule has 148 valence electrons. The Morgan fingerprint density at radius 1 is 0.929 bits per heavy atom. The molecule has 8 nitrogen and oxygen atoms in total. The van der Waals surface area contributed by atoms with E-state index in [0.29, 0.717) is 22.7 Å². The molecule has 2 N–H and O–H groups in total. The highest BCUT2D eigenvalue weighted by Gasteiger charge is 2.14. The second kappa shape index (κ2) is 9.96. The summed E-state index contributed by atoms with van der Waals surface area (Å²) in [7, 11) is 4.25. The van der Waals surface area contributed by atoms with Crippen LogP contribution in [0.15, 0.2) is 42.5 Å². The fraction of sp³-hybridized carbons (Fsp3) is 0.250. The molecule has 2 amide bonds. The highest BCUT2D eigenvalue weighted by Crippen LogP contribution is 2.22. The van der Waals surface area contributed by atoms with Gasteiger partial charge >= 0.3 is 5.97 Å². The van der Waals surface area contributed by atoms with E-state index in [0.717, 1.165) is 0 Å². The van der Waals surface area contributed by atoms with Crippen molar-refractivity contribution < 1.29 is 28.6 Å². The van der Waals surface area contributed by atoms with Gasteiger partial charge in [0.05, 0.1) is 32.6 Å². The number of anilines is 1. The molecule has 0 saturated carbocycles. The molecule has 0 radical (unpaired) electrons. The van der Waals surface area contributed by atoms with E-state index in [2.05, 4.69) is 10.6 Å². The zero-order chi connectivity index (χ0) is 20.5. The predicted molar refractivity (Wildman–Crippen MR) is 103 cm³/mol. The lowest BCUT2D eigenvalue weighted by Gasteiger charge is -2.11. The minimum absolute atomic E-state index is 0.0301. The Bertz CT molecular complexity index is 843. The second-order valence-electron chi connectivity index (χ2n) is 5.69. The third-order valence-electron chi connectivity index (χ3n) is 3.86. The molecule has 0 fully saturated rings. The molecular weight excluding hydrogens is 364 g/mol. The Morgan fingerprint density at radius 2 is 1.57 bits per heavy atom. The van der Waals surface area contributed by atoms with E-state index in [1.54, 1.807) is 42.5 Å². The number of hydrogen-bond donors (Lipinski definition) is 2. The molecule has 0 aliphatic rings. The van der Waals surface area contributed by atoms with Crippen LogP contribution in [0.5, 0.6) is 11.5 Å². The highest BCUT2D eigenvalue weighted by molar-refractivity contribution is 6.01. The summed E-state index contributed by atoms with van der Waals surface area (Å²) < 4.78 is 15.0. The normalized spacial score (nSPS) is 9.96. The fourth-order valence-corrected chi connectivity index (χ4v) is 2.42. The lowest BCUT2D eigenvalue weighted by molar-refractivity contribution is -0.116. The smallest absolute Gasteiger partial charge is 0.339 e. The van der Waals surface area contributed by atoms with Crippen molar-refractivity contribution in [3.05, 3.63) is 53.6 Å². The van der Waals surface area contributed by atoms with Crippen LogP contribution in [0.4, 0.5) is 5.69 Å². The molecule has 0 spiro atoms. The van der Waals surface area contributed by atoms with Gasteiger partial charge in [-0.2, -0.15) is 0 Å². The Balaban J connectivity index is 1.92. The average molecular weight is 386 g/mol. The average Bonchev–Trinajstić information content (AvgIpc) is 2.72. The molecule has 0 bridgehead atoms. The Labute approximate surface area is 162 Å². The van der Waals surface area contributed by atoms with Gasteiger partial charge in [0.2, 0.25) is 5.91 Å². The van der Waals surface area contributed by atoms with Crippen LogP contribution in [0.25, 0.3) is 0 Å². The summed E-state index contributed by atoms with van der Waals surface area (Å²) >= 11 is 0. The monoisotopic (exact) mass is 386 g/mol.